The monoisotopic (exact) mass is 285 g/mol. The molecule has 3 nitrogen and oxygen atoms in total. The quantitative estimate of drug-likeness (QED) is 0.869. The van der Waals surface area contributed by atoms with E-state index in [1.165, 1.54) is 18.2 Å². The number of benzene rings is 1. The molecule has 0 aliphatic carbocycles. The Balaban J connectivity index is 2.38. The Labute approximate surface area is 114 Å². The van der Waals surface area contributed by atoms with Crippen molar-refractivity contribution >= 4 is 9.84 Å². The highest BCUT2D eigenvalue weighted by atomic mass is 32.2. The molecule has 1 aromatic carbocycles. The van der Waals surface area contributed by atoms with Crippen LogP contribution in [0.25, 0.3) is 0 Å². The molecule has 0 fully saturated rings. The first-order valence-electron chi connectivity index (χ1n) is 6.59. The van der Waals surface area contributed by atoms with Crippen LogP contribution in [0.5, 0.6) is 0 Å². The SMILES string of the molecule is CC(C)C(C)NC1CCS(=O)(=O)c2ccc(F)cc21. The van der Waals surface area contributed by atoms with Crippen LogP contribution in [0.3, 0.4) is 0 Å². The van der Waals surface area contributed by atoms with Gasteiger partial charge in [0.2, 0.25) is 0 Å². The standard InChI is InChI=1S/C14H20FNO2S/c1-9(2)10(3)16-13-6-7-19(17,18)14-5-4-11(15)8-12(13)14/h4-5,8-10,13,16H,6-7H2,1-3H3. The lowest BCUT2D eigenvalue weighted by atomic mass is 9.99. The van der Waals surface area contributed by atoms with Crippen LogP contribution in [0.4, 0.5) is 4.39 Å². The van der Waals surface area contributed by atoms with Gasteiger partial charge in [-0.1, -0.05) is 13.8 Å². The molecular formula is C14H20FNO2S. The zero-order valence-electron chi connectivity index (χ0n) is 11.5. The Morgan fingerprint density at radius 1 is 1.32 bits per heavy atom. The molecule has 5 heteroatoms. The highest BCUT2D eigenvalue weighted by molar-refractivity contribution is 7.91. The predicted octanol–water partition coefficient (Wildman–Crippen LogP) is 2.68. The van der Waals surface area contributed by atoms with Gasteiger partial charge in [-0.25, -0.2) is 12.8 Å². The molecule has 2 unspecified atom stereocenters. The highest BCUT2D eigenvalue weighted by Gasteiger charge is 2.31. The van der Waals surface area contributed by atoms with Gasteiger partial charge in [-0.2, -0.15) is 0 Å². The van der Waals surface area contributed by atoms with Crippen LogP contribution < -0.4 is 5.32 Å². The molecule has 0 aromatic heterocycles. The van der Waals surface area contributed by atoms with E-state index < -0.39 is 9.84 Å². The Hall–Kier alpha value is -0.940. The summed E-state index contributed by atoms with van der Waals surface area (Å²) in [5.41, 5.74) is 0.568. The van der Waals surface area contributed by atoms with Crippen LogP contribution >= 0.6 is 0 Å². The molecular weight excluding hydrogens is 265 g/mol. The lowest BCUT2D eigenvalue weighted by molar-refractivity contribution is 0.363. The summed E-state index contributed by atoms with van der Waals surface area (Å²) >= 11 is 0. The van der Waals surface area contributed by atoms with E-state index in [0.29, 0.717) is 17.9 Å². The molecule has 0 saturated carbocycles. The molecule has 0 spiro atoms. The van der Waals surface area contributed by atoms with Crippen LogP contribution in [0.15, 0.2) is 23.1 Å². The highest BCUT2D eigenvalue weighted by Crippen LogP contribution is 2.33. The molecule has 1 aromatic rings. The summed E-state index contributed by atoms with van der Waals surface area (Å²) in [5.74, 6) is 0.170. The minimum Gasteiger partial charge on any atom is -0.307 e. The Bertz CT molecular complexity index is 569. The third-order valence-corrected chi connectivity index (χ3v) is 5.64. The maximum Gasteiger partial charge on any atom is 0.178 e. The largest absolute Gasteiger partial charge is 0.307 e. The molecule has 1 aliphatic heterocycles. The second kappa shape index (κ2) is 5.21. The third-order valence-electron chi connectivity index (χ3n) is 3.82. The molecule has 0 amide bonds. The summed E-state index contributed by atoms with van der Waals surface area (Å²) in [4.78, 5) is 0.272. The van der Waals surface area contributed by atoms with Crippen molar-refractivity contribution in [2.45, 2.75) is 44.2 Å². The maximum absolute atomic E-state index is 13.4. The van der Waals surface area contributed by atoms with Gasteiger partial charge in [-0.05, 0) is 43.0 Å². The number of rotatable bonds is 3. The third kappa shape index (κ3) is 2.98. The predicted molar refractivity (Wildman–Crippen MR) is 73.2 cm³/mol. The summed E-state index contributed by atoms with van der Waals surface area (Å²) in [6.45, 7) is 6.26. The van der Waals surface area contributed by atoms with Gasteiger partial charge in [0.25, 0.3) is 0 Å². The van der Waals surface area contributed by atoms with Crippen LogP contribution in [0, 0.1) is 11.7 Å². The van der Waals surface area contributed by atoms with E-state index in [9.17, 15) is 12.8 Å². The number of halogens is 1. The van der Waals surface area contributed by atoms with Gasteiger partial charge in [0.1, 0.15) is 5.82 Å². The first-order valence-corrected chi connectivity index (χ1v) is 8.25. The van der Waals surface area contributed by atoms with Crippen LogP contribution in [-0.2, 0) is 9.84 Å². The van der Waals surface area contributed by atoms with Gasteiger partial charge in [-0.15, -0.1) is 0 Å². The van der Waals surface area contributed by atoms with Crippen LogP contribution in [0.2, 0.25) is 0 Å². The summed E-state index contributed by atoms with van der Waals surface area (Å²) in [6, 6.07) is 4.10. The van der Waals surface area contributed by atoms with Crippen LogP contribution in [0.1, 0.15) is 38.8 Å². The van der Waals surface area contributed by atoms with Gasteiger partial charge in [0.05, 0.1) is 10.6 Å². The number of fused-ring (bicyclic) bond motifs is 1. The van der Waals surface area contributed by atoms with E-state index in [0.717, 1.165) is 0 Å². The normalized spacial score (nSPS) is 23.1. The first kappa shape index (κ1) is 14.5. The van der Waals surface area contributed by atoms with E-state index >= 15 is 0 Å². The van der Waals surface area contributed by atoms with Crippen molar-refractivity contribution in [3.05, 3.63) is 29.6 Å². The molecule has 106 valence electrons. The van der Waals surface area contributed by atoms with Crippen molar-refractivity contribution in [1.29, 1.82) is 0 Å². The summed E-state index contributed by atoms with van der Waals surface area (Å²) in [6.07, 6.45) is 0.496. The molecule has 1 N–H and O–H groups in total. The van der Waals surface area contributed by atoms with Crippen molar-refractivity contribution in [2.75, 3.05) is 5.75 Å². The number of hydrogen-bond donors (Lipinski definition) is 1. The smallest absolute Gasteiger partial charge is 0.178 e. The van der Waals surface area contributed by atoms with E-state index in [2.05, 4.69) is 26.1 Å². The Kier molecular flexibility index (Phi) is 3.97. The molecule has 0 bridgehead atoms. The van der Waals surface area contributed by atoms with Crippen molar-refractivity contribution in [3.63, 3.8) is 0 Å². The van der Waals surface area contributed by atoms with Crippen molar-refractivity contribution in [2.24, 2.45) is 5.92 Å². The Morgan fingerprint density at radius 2 is 2.00 bits per heavy atom. The minimum absolute atomic E-state index is 0.0911. The molecule has 1 heterocycles. The fourth-order valence-electron chi connectivity index (χ4n) is 2.30. The van der Waals surface area contributed by atoms with E-state index in [1.54, 1.807) is 0 Å². The van der Waals surface area contributed by atoms with Gasteiger partial charge in [0, 0.05) is 12.1 Å². The topological polar surface area (TPSA) is 46.2 Å². The molecule has 0 saturated heterocycles. The zero-order chi connectivity index (χ0) is 14.2. The van der Waals surface area contributed by atoms with Gasteiger partial charge in [0.15, 0.2) is 9.84 Å². The maximum atomic E-state index is 13.4. The molecule has 1 aliphatic rings. The summed E-state index contributed by atoms with van der Waals surface area (Å²) < 4.78 is 37.4. The summed E-state index contributed by atoms with van der Waals surface area (Å²) in [7, 11) is -3.25. The lowest BCUT2D eigenvalue weighted by Crippen LogP contribution is -2.37. The fraction of sp³-hybridized carbons (Fsp3) is 0.571. The van der Waals surface area contributed by atoms with Gasteiger partial charge in [-0.3, -0.25) is 0 Å². The second-order valence-corrected chi connectivity index (χ2v) is 7.62. The fourth-order valence-corrected chi connectivity index (χ4v) is 3.90. The first-order chi connectivity index (χ1) is 8.81. The average Bonchev–Trinajstić information content (AvgIpc) is 2.32. The van der Waals surface area contributed by atoms with E-state index in [-0.39, 0.29) is 28.5 Å². The molecule has 0 radical (unpaired) electrons. The molecule has 2 rings (SSSR count). The van der Waals surface area contributed by atoms with Crippen molar-refractivity contribution in [3.8, 4) is 0 Å². The minimum atomic E-state index is -3.25. The van der Waals surface area contributed by atoms with Crippen molar-refractivity contribution < 1.29 is 12.8 Å². The number of hydrogen-bond acceptors (Lipinski definition) is 3. The van der Waals surface area contributed by atoms with Crippen molar-refractivity contribution in [1.82, 2.24) is 5.32 Å². The zero-order valence-corrected chi connectivity index (χ0v) is 12.3. The average molecular weight is 285 g/mol. The van der Waals surface area contributed by atoms with Crippen LogP contribution in [-0.4, -0.2) is 20.2 Å². The lowest BCUT2D eigenvalue weighted by Gasteiger charge is -2.30. The molecule has 2 atom stereocenters. The van der Waals surface area contributed by atoms with Gasteiger partial charge < -0.3 is 5.32 Å². The van der Waals surface area contributed by atoms with E-state index in [1.807, 2.05) is 0 Å². The van der Waals surface area contributed by atoms with Gasteiger partial charge >= 0.3 is 0 Å². The molecule has 19 heavy (non-hydrogen) atoms. The number of nitrogens with one attached hydrogen (secondary N) is 1. The Morgan fingerprint density at radius 3 is 2.63 bits per heavy atom. The summed E-state index contributed by atoms with van der Waals surface area (Å²) in [5, 5.41) is 3.41. The number of sulfone groups is 1. The van der Waals surface area contributed by atoms with E-state index in [4.69, 9.17) is 0 Å². The second-order valence-electron chi connectivity index (χ2n) is 5.54.